The highest BCUT2D eigenvalue weighted by Gasteiger charge is 2.10. The van der Waals surface area contributed by atoms with Gasteiger partial charge in [0.15, 0.2) is 0 Å². The number of aromatic nitrogens is 2. The van der Waals surface area contributed by atoms with Crippen molar-refractivity contribution in [2.45, 2.75) is 20.4 Å². The van der Waals surface area contributed by atoms with E-state index >= 15 is 0 Å². The molecule has 1 aromatic carbocycles. The molecule has 1 aromatic heterocycles. The van der Waals surface area contributed by atoms with Crippen LogP contribution < -0.4 is 0 Å². The topological polar surface area (TPSA) is 87.3 Å². The molecule has 0 atom stereocenters. The van der Waals surface area contributed by atoms with E-state index < -0.39 is 10.9 Å². The minimum atomic E-state index is -0.516. The van der Waals surface area contributed by atoms with Gasteiger partial charge in [-0.15, -0.1) is 0 Å². The molecule has 0 bridgehead atoms. The van der Waals surface area contributed by atoms with Crippen molar-refractivity contribution in [1.82, 2.24) is 9.78 Å². The van der Waals surface area contributed by atoms with E-state index in [1.807, 2.05) is 19.9 Å². The van der Waals surface area contributed by atoms with Crippen molar-refractivity contribution in [3.05, 3.63) is 57.4 Å². The highest BCUT2D eigenvalue weighted by Crippen LogP contribution is 2.12. The summed E-state index contributed by atoms with van der Waals surface area (Å²) in [5, 5.41) is 14.8. The lowest BCUT2D eigenvalue weighted by atomic mass is 10.2. The van der Waals surface area contributed by atoms with Crippen molar-refractivity contribution in [3.63, 3.8) is 0 Å². The minimum Gasteiger partial charge on any atom is -0.460 e. The molecule has 2 aromatic rings. The molecule has 0 aliphatic rings. The lowest BCUT2D eigenvalue weighted by Crippen LogP contribution is -2.13. The van der Waals surface area contributed by atoms with E-state index in [1.54, 1.807) is 4.68 Å². The Morgan fingerprint density at radius 2 is 2.00 bits per heavy atom. The van der Waals surface area contributed by atoms with Crippen LogP contribution in [0, 0.1) is 24.0 Å². The van der Waals surface area contributed by atoms with Crippen molar-refractivity contribution < 1.29 is 14.5 Å². The lowest BCUT2D eigenvalue weighted by Gasteiger charge is -2.06. The molecule has 110 valence electrons. The molecule has 0 saturated carbocycles. The molecular formula is C14H15N3O4. The van der Waals surface area contributed by atoms with Gasteiger partial charge in [-0.1, -0.05) is 0 Å². The maximum absolute atomic E-state index is 11.8. The zero-order valence-corrected chi connectivity index (χ0v) is 11.8. The van der Waals surface area contributed by atoms with Crippen LogP contribution in [0.4, 0.5) is 5.69 Å². The first kappa shape index (κ1) is 14.7. The van der Waals surface area contributed by atoms with Crippen LogP contribution in [0.25, 0.3) is 0 Å². The molecule has 0 aliphatic heterocycles. The number of carbonyl (C=O) groups is 1. The highest BCUT2D eigenvalue weighted by molar-refractivity contribution is 5.89. The summed E-state index contributed by atoms with van der Waals surface area (Å²) in [5.41, 5.74) is 2.14. The lowest BCUT2D eigenvalue weighted by molar-refractivity contribution is -0.384. The van der Waals surface area contributed by atoms with Crippen molar-refractivity contribution in [2.24, 2.45) is 0 Å². The Morgan fingerprint density at radius 1 is 1.33 bits per heavy atom. The third-order valence-electron chi connectivity index (χ3n) is 2.95. The van der Waals surface area contributed by atoms with Gasteiger partial charge in [0.25, 0.3) is 5.69 Å². The van der Waals surface area contributed by atoms with Crippen molar-refractivity contribution in [1.29, 1.82) is 0 Å². The summed E-state index contributed by atoms with van der Waals surface area (Å²) < 4.78 is 6.89. The summed E-state index contributed by atoms with van der Waals surface area (Å²) in [6.45, 7) is 4.49. The zero-order chi connectivity index (χ0) is 15.4. The Labute approximate surface area is 121 Å². The molecule has 0 fully saturated rings. The summed E-state index contributed by atoms with van der Waals surface area (Å²) >= 11 is 0. The third-order valence-corrected chi connectivity index (χ3v) is 2.95. The predicted molar refractivity (Wildman–Crippen MR) is 75.1 cm³/mol. The summed E-state index contributed by atoms with van der Waals surface area (Å²) in [5.74, 6) is -0.508. The van der Waals surface area contributed by atoms with Gasteiger partial charge >= 0.3 is 5.97 Å². The molecular weight excluding hydrogens is 274 g/mol. The van der Waals surface area contributed by atoms with E-state index in [4.69, 9.17) is 4.74 Å². The fourth-order valence-corrected chi connectivity index (χ4v) is 1.93. The van der Waals surface area contributed by atoms with E-state index in [1.165, 1.54) is 24.3 Å². The fourth-order valence-electron chi connectivity index (χ4n) is 1.93. The Bertz CT molecular complexity index is 661. The van der Waals surface area contributed by atoms with Crippen LogP contribution in [0.2, 0.25) is 0 Å². The number of esters is 1. The number of non-ortho nitro benzene ring substituents is 1. The fraction of sp³-hybridized carbons (Fsp3) is 0.286. The number of ether oxygens (including phenoxy) is 1. The summed E-state index contributed by atoms with van der Waals surface area (Å²) in [4.78, 5) is 21.8. The number of rotatable bonds is 5. The zero-order valence-electron chi connectivity index (χ0n) is 11.8. The smallest absolute Gasteiger partial charge is 0.338 e. The second kappa shape index (κ2) is 6.17. The van der Waals surface area contributed by atoms with Crippen LogP contribution in [-0.4, -0.2) is 27.3 Å². The highest BCUT2D eigenvalue weighted by atomic mass is 16.6. The Balaban J connectivity index is 1.89. The van der Waals surface area contributed by atoms with E-state index in [2.05, 4.69) is 5.10 Å². The predicted octanol–water partition coefficient (Wildman–Crippen LogP) is 2.27. The number of nitro groups is 1. The van der Waals surface area contributed by atoms with Gasteiger partial charge in [-0.3, -0.25) is 14.8 Å². The summed E-state index contributed by atoms with van der Waals surface area (Å²) in [6.07, 6.45) is 0. The maximum atomic E-state index is 11.8. The van der Waals surface area contributed by atoms with E-state index in [0.29, 0.717) is 6.54 Å². The number of aryl methyl sites for hydroxylation is 2. The number of hydrogen-bond donors (Lipinski definition) is 0. The molecule has 0 amide bonds. The largest absolute Gasteiger partial charge is 0.460 e. The summed E-state index contributed by atoms with van der Waals surface area (Å²) in [7, 11) is 0. The number of hydrogen-bond acceptors (Lipinski definition) is 5. The third kappa shape index (κ3) is 3.65. The molecule has 21 heavy (non-hydrogen) atoms. The van der Waals surface area contributed by atoms with Gasteiger partial charge in [-0.05, 0) is 32.0 Å². The van der Waals surface area contributed by atoms with Crippen molar-refractivity contribution in [3.8, 4) is 0 Å². The first-order chi connectivity index (χ1) is 9.97. The first-order valence-corrected chi connectivity index (χ1v) is 6.40. The molecule has 0 unspecified atom stereocenters. The molecule has 7 nitrogen and oxygen atoms in total. The number of nitrogens with zero attached hydrogens (tertiary/aromatic N) is 3. The van der Waals surface area contributed by atoms with Crippen molar-refractivity contribution >= 4 is 11.7 Å². The molecule has 0 aliphatic carbocycles. The number of carbonyl (C=O) groups excluding carboxylic acids is 1. The Kier molecular flexibility index (Phi) is 4.32. The average Bonchev–Trinajstić information content (AvgIpc) is 2.77. The molecule has 0 saturated heterocycles. The second-order valence-electron chi connectivity index (χ2n) is 4.59. The van der Waals surface area contributed by atoms with Crippen LogP contribution in [-0.2, 0) is 11.3 Å². The normalized spacial score (nSPS) is 10.4. The molecule has 2 rings (SSSR count). The number of benzene rings is 1. The molecule has 0 N–H and O–H groups in total. The Hall–Kier alpha value is -2.70. The minimum absolute atomic E-state index is 0.0609. The van der Waals surface area contributed by atoms with Gasteiger partial charge in [0, 0.05) is 17.8 Å². The maximum Gasteiger partial charge on any atom is 0.338 e. The van der Waals surface area contributed by atoms with Gasteiger partial charge in [0.05, 0.1) is 22.7 Å². The standard InChI is InChI=1S/C14H15N3O4/c1-10-9-11(2)16(15-10)7-8-21-14(18)12-3-5-13(6-4-12)17(19)20/h3-6,9H,7-8H2,1-2H3. The SMILES string of the molecule is Cc1cc(C)n(CCOC(=O)c2ccc([N+](=O)[O-])cc2)n1. The average molecular weight is 289 g/mol. The first-order valence-electron chi connectivity index (χ1n) is 6.40. The van der Waals surface area contributed by atoms with E-state index in [-0.39, 0.29) is 17.9 Å². The van der Waals surface area contributed by atoms with E-state index in [0.717, 1.165) is 11.4 Å². The van der Waals surface area contributed by atoms with Crippen LogP contribution >= 0.6 is 0 Å². The van der Waals surface area contributed by atoms with E-state index in [9.17, 15) is 14.9 Å². The molecule has 0 radical (unpaired) electrons. The van der Waals surface area contributed by atoms with Crippen LogP contribution in [0.3, 0.4) is 0 Å². The molecule has 0 spiro atoms. The van der Waals surface area contributed by atoms with Gasteiger partial charge in [-0.2, -0.15) is 5.10 Å². The van der Waals surface area contributed by atoms with Gasteiger partial charge in [0.2, 0.25) is 0 Å². The van der Waals surface area contributed by atoms with Crippen LogP contribution in [0.1, 0.15) is 21.7 Å². The van der Waals surface area contributed by atoms with Gasteiger partial charge < -0.3 is 4.74 Å². The number of nitro benzene ring substituents is 1. The quantitative estimate of drug-likeness (QED) is 0.478. The van der Waals surface area contributed by atoms with Crippen molar-refractivity contribution in [2.75, 3.05) is 6.61 Å². The Morgan fingerprint density at radius 3 is 2.52 bits per heavy atom. The van der Waals surface area contributed by atoms with Gasteiger partial charge in [-0.25, -0.2) is 4.79 Å². The second-order valence-corrected chi connectivity index (χ2v) is 4.59. The van der Waals surface area contributed by atoms with Crippen LogP contribution in [0.15, 0.2) is 30.3 Å². The summed E-state index contributed by atoms with van der Waals surface area (Å²) in [6, 6.07) is 7.25. The molecule has 7 heteroatoms. The van der Waals surface area contributed by atoms with Crippen LogP contribution in [0.5, 0.6) is 0 Å². The van der Waals surface area contributed by atoms with Gasteiger partial charge in [0.1, 0.15) is 6.61 Å². The monoisotopic (exact) mass is 289 g/mol. The molecule has 1 heterocycles.